The average molecular weight is 346 g/mol. The van der Waals surface area contributed by atoms with E-state index >= 15 is 0 Å². The van der Waals surface area contributed by atoms with Crippen LogP contribution in [-0.4, -0.2) is 20.1 Å². The number of hydrogen-bond acceptors (Lipinski definition) is 6. The van der Waals surface area contributed by atoms with Crippen molar-refractivity contribution >= 4 is 11.4 Å². The monoisotopic (exact) mass is 346 g/mol. The van der Waals surface area contributed by atoms with Gasteiger partial charge in [-0.05, 0) is 36.1 Å². The molecule has 132 valence electrons. The highest BCUT2D eigenvalue weighted by Gasteiger charge is 2.34. The number of nitrogens with zero attached hydrogens (tertiary/aromatic N) is 2. The van der Waals surface area contributed by atoms with Crippen LogP contribution in [0.5, 0.6) is 11.5 Å². The fourth-order valence-electron chi connectivity index (χ4n) is 3.17. The standard InChI is InChI=1S/C17H18N2O6/c1-3-17(4-2,11-5-7-15(20)13(9-11)18(22)23)12-6-8-16(21)14(10-12)19(24)25/h5-10,20-21H,3-4H2,1-2H3. The Balaban J connectivity index is 2.72. The quantitative estimate of drug-likeness (QED) is 0.600. The number of benzene rings is 2. The number of rotatable bonds is 6. The Labute approximate surface area is 143 Å². The summed E-state index contributed by atoms with van der Waals surface area (Å²) in [6.07, 6.45) is 1.04. The first-order valence-corrected chi connectivity index (χ1v) is 7.72. The molecule has 8 heteroatoms. The average Bonchev–Trinajstić information content (AvgIpc) is 2.58. The van der Waals surface area contributed by atoms with E-state index in [4.69, 9.17) is 0 Å². The molecule has 2 N–H and O–H groups in total. The van der Waals surface area contributed by atoms with Gasteiger partial charge in [-0.25, -0.2) is 0 Å². The van der Waals surface area contributed by atoms with E-state index in [2.05, 4.69) is 0 Å². The minimum atomic E-state index is -0.725. The van der Waals surface area contributed by atoms with Crippen LogP contribution < -0.4 is 0 Å². The Morgan fingerprint density at radius 1 is 0.840 bits per heavy atom. The van der Waals surface area contributed by atoms with Gasteiger partial charge in [0.05, 0.1) is 9.85 Å². The Morgan fingerprint density at radius 3 is 1.48 bits per heavy atom. The molecule has 0 aliphatic carbocycles. The Morgan fingerprint density at radius 2 is 1.20 bits per heavy atom. The van der Waals surface area contributed by atoms with Crippen molar-refractivity contribution in [2.75, 3.05) is 0 Å². The highest BCUT2D eigenvalue weighted by atomic mass is 16.6. The maximum atomic E-state index is 11.1. The van der Waals surface area contributed by atoms with Crippen molar-refractivity contribution in [3.63, 3.8) is 0 Å². The summed E-state index contributed by atoms with van der Waals surface area (Å²) in [7, 11) is 0. The lowest BCUT2D eigenvalue weighted by Gasteiger charge is -2.33. The smallest absolute Gasteiger partial charge is 0.310 e. The highest BCUT2D eigenvalue weighted by molar-refractivity contribution is 5.55. The van der Waals surface area contributed by atoms with Gasteiger partial charge in [0.1, 0.15) is 0 Å². The molecular weight excluding hydrogens is 328 g/mol. The fourth-order valence-corrected chi connectivity index (χ4v) is 3.17. The molecule has 0 aliphatic heterocycles. The number of phenols is 2. The first-order chi connectivity index (χ1) is 11.8. The van der Waals surface area contributed by atoms with E-state index < -0.39 is 38.1 Å². The first kappa shape index (κ1) is 18.2. The number of nitro groups is 2. The van der Waals surface area contributed by atoms with Gasteiger partial charge in [-0.1, -0.05) is 26.0 Å². The van der Waals surface area contributed by atoms with Gasteiger partial charge in [0.25, 0.3) is 0 Å². The summed E-state index contributed by atoms with van der Waals surface area (Å²) >= 11 is 0. The number of nitro benzene ring substituents is 2. The van der Waals surface area contributed by atoms with Crippen molar-refractivity contribution in [2.24, 2.45) is 0 Å². The van der Waals surface area contributed by atoms with Gasteiger partial charge in [-0.15, -0.1) is 0 Å². The van der Waals surface area contributed by atoms with Crippen molar-refractivity contribution in [3.05, 3.63) is 67.8 Å². The Kier molecular flexibility index (Phi) is 4.92. The maximum absolute atomic E-state index is 11.1. The topological polar surface area (TPSA) is 127 Å². The van der Waals surface area contributed by atoms with E-state index in [9.17, 15) is 30.4 Å². The molecule has 0 amide bonds. The van der Waals surface area contributed by atoms with Crippen LogP contribution in [0.15, 0.2) is 36.4 Å². The predicted octanol–water partition coefficient (Wildman–Crippen LogP) is 4.02. The van der Waals surface area contributed by atoms with Crippen molar-refractivity contribution in [2.45, 2.75) is 32.1 Å². The molecule has 2 aromatic rings. The van der Waals surface area contributed by atoms with E-state index in [1.165, 1.54) is 24.3 Å². The molecule has 0 saturated carbocycles. The molecule has 0 spiro atoms. The molecule has 0 unspecified atom stereocenters. The lowest BCUT2D eigenvalue weighted by atomic mass is 9.70. The van der Waals surface area contributed by atoms with Gasteiger partial charge in [0.2, 0.25) is 0 Å². The van der Waals surface area contributed by atoms with Gasteiger partial charge in [-0.2, -0.15) is 0 Å². The van der Waals surface area contributed by atoms with Gasteiger partial charge in [-0.3, -0.25) is 20.2 Å². The number of phenolic OH excluding ortho intramolecular Hbond substituents is 2. The number of aromatic hydroxyl groups is 2. The lowest BCUT2D eigenvalue weighted by molar-refractivity contribution is -0.386. The van der Waals surface area contributed by atoms with Gasteiger partial charge in [0, 0.05) is 17.5 Å². The van der Waals surface area contributed by atoms with Crippen LogP contribution in [0.25, 0.3) is 0 Å². The van der Waals surface area contributed by atoms with E-state index in [1.54, 1.807) is 12.1 Å². The molecule has 2 aromatic carbocycles. The lowest BCUT2D eigenvalue weighted by Crippen LogP contribution is -2.26. The third kappa shape index (κ3) is 3.10. The molecule has 25 heavy (non-hydrogen) atoms. The second-order valence-corrected chi connectivity index (χ2v) is 5.71. The zero-order valence-corrected chi connectivity index (χ0v) is 13.8. The predicted molar refractivity (Wildman–Crippen MR) is 90.9 cm³/mol. The van der Waals surface area contributed by atoms with Crippen molar-refractivity contribution < 1.29 is 20.1 Å². The van der Waals surface area contributed by atoms with Gasteiger partial charge in [0.15, 0.2) is 11.5 Å². The normalized spacial score (nSPS) is 11.3. The molecule has 0 bridgehead atoms. The third-order valence-corrected chi connectivity index (χ3v) is 4.66. The maximum Gasteiger partial charge on any atom is 0.310 e. The van der Waals surface area contributed by atoms with Crippen molar-refractivity contribution in [3.8, 4) is 11.5 Å². The van der Waals surface area contributed by atoms with Crippen LogP contribution in [-0.2, 0) is 5.41 Å². The first-order valence-electron chi connectivity index (χ1n) is 7.72. The van der Waals surface area contributed by atoms with E-state index in [-0.39, 0.29) is 0 Å². The minimum absolute atomic E-state index is 0.419. The molecule has 0 aliphatic rings. The molecule has 0 aromatic heterocycles. The zero-order chi connectivity index (χ0) is 18.8. The molecule has 8 nitrogen and oxygen atoms in total. The van der Waals surface area contributed by atoms with Crippen LogP contribution in [0.2, 0.25) is 0 Å². The molecule has 0 heterocycles. The van der Waals surface area contributed by atoms with Crippen LogP contribution in [0.3, 0.4) is 0 Å². The fraction of sp³-hybridized carbons (Fsp3) is 0.294. The summed E-state index contributed by atoms with van der Waals surface area (Å²) in [4.78, 5) is 20.9. The molecule has 0 saturated heterocycles. The van der Waals surface area contributed by atoms with Crippen molar-refractivity contribution in [1.29, 1.82) is 0 Å². The van der Waals surface area contributed by atoms with Crippen LogP contribution >= 0.6 is 0 Å². The summed E-state index contributed by atoms with van der Waals surface area (Å²) in [6.45, 7) is 3.75. The highest BCUT2D eigenvalue weighted by Crippen LogP contribution is 2.43. The zero-order valence-electron chi connectivity index (χ0n) is 13.8. The second-order valence-electron chi connectivity index (χ2n) is 5.71. The molecule has 0 fully saturated rings. The minimum Gasteiger partial charge on any atom is -0.502 e. The summed E-state index contributed by atoms with van der Waals surface area (Å²) in [5, 5.41) is 41.6. The third-order valence-electron chi connectivity index (χ3n) is 4.66. The Bertz CT molecular complexity index is 764. The molecule has 2 rings (SSSR count). The van der Waals surface area contributed by atoms with E-state index in [0.29, 0.717) is 24.0 Å². The Hall–Kier alpha value is -3.16. The molecule has 0 radical (unpaired) electrons. The number of hydrogen-bond donors (Lipinski definition) is 2. The molecule has 0 atom stereocenters. The second kappa shape index (κ2) is 6.76. The SMILES string of the molecule is CCC(CC)(c1ccc(O)c([N+](=O)[O-])c1)c1ccc(O)c([N+](=O)[O-])c1. The van der Waals surface area contributed by atoms with Crippen molar-refractivity contribution in [1.82, 2.24) is 0 Å². The van der Waals surface area contributed by atoms with Gasteiger partial charge >= 0.3 is 11.4 Å². The largest absolute Gasteiger partial charge is 0.502 e. The van der Waals surface area contributed by atoms with Crippen LogP contribution in [0.4, 0.5) is 11.4 Å². The summed E-state index contributed by atoms with van der Waals surface area (Å²) < 4.78 is 0. The van der Waals surface area contributed by atoms with E-state index in [1.807, 2.05) is 13.8 Å². The van der Waals surface area contributed by atoms with Gasteiger partial charge < -0.3 is 10.2 Å². The van der Waals surface area contributed by atoms with Crippen LogP contribution in [0, 0.1) is 20.2 Å². The van der Waals surface area contributed by atoms with Crippen LogP contribution in [0.1, 0.15) is 37.8 Å². The summed E-state index contributed by atoms with van der Waals surface area (Å²) in [5.74, 6) is -0.877. The summed E-state index contributed by atoms with van der Waals surface area (Å²) in [6, 6.07) is 8.24. The molecular formula is C17H18N2O6. The van der Waals surface area contributed by atoms with E-state index in [0.717, 1.165) is 0 Å². The summed E-state index contributed by atoms with van der Waals surface area (Å²) in [5.41, 5.74) is -0.421.